The molecule has 0 spiro atoms. The number of phenols is 1. The number of rotatable bonds is 4. The molecular formula is C18H13N3O5S. The Kier molecular flexibility index (Phi) is 4.21. The average Bonchev–Trinajstić information content (AvgIpc) is 3.41. The van der Waals surface area contributed by atoms with E-state index in [-0.39, 0.29) is 22.8 Å². The average molecular weight is 383 g/mol. The normalized spacial score (nSPS) is 16.4. The fraction of sp³-hybridized carbons (Fsp3) is 0.111. The van der Waals surface area contributed by atoms with Gasteiger partial charge < -0.3 is 9.52 Å². The minimum absolute atomic E-state index is 0.0982. The minimum atomic E-state index is -0.681. The van der Waals surface area contributed by atoms with Crippen LogP contribution in [-0.2, 0) is 0 Å². The number of hydrogen-bond donors (Lipinski definition) is 1. The zero-order valence-electron chi connectivity index (χ0n) is 13.8. The molecule has 1 N–H and O–H groups in total. The van der Waals surface area contributed by atoms with Crippen molar-refractivity contribution in [1.29, 1.82) is 0 Å². The Morgan fingerprint density at radius 1 is 1.33 bits per heavy atom. The first-order chi connectivity index (χ1) is 13.0. The summed E-state index contributed by atoms with van der Waals surface area (Å²) in [5.41, 5.74) is 0.762. The second kappa shape index (κ2) is 6.69. The number of benzene rings is 1. The van der Waals surface area contributed by atoms with Gasteiger partial charge >= 0.3 is 5.91 Å². The Hall–Kier alpha value is -3.46. The standard InChI is InChI=1S/C18H13N3O5S/c22-15-6-5-11(21(24)25)9-12(15)14-10-13(17-4-2-8-27-17)19-20(14)18(23)16-3-1-7-26-16/h1-9,14,22H,10H2/t14-/m0/s1. The van der Waals surface area contributed by atoms with Crippen molar-refractivity contribution in [2.45, 2.75) is 12.5 Å². The van der Waals surface area contributed by atoms with E-state index in [1.807, 2.05) is 17.5 Å². The van der Waals surface area contributed by atoms with Gasteiger partial charge in [0.05, 0.1) is 27.8 Å². The fourth-order valence-corrected chi connectivity index (χ4v) is 3.69. The molecule has 3 heterocycles. The van der Waals surface area contributed by atoms with Crippen molar-refractivity contribution in [3.8, 4) is 5.75 Å². The van der Waals surface area contributed by atoms with Crippen LogP contribution in [0.25, 0.3) is 0 Å². The molecule has 1 atom stereocenters. The number of amides is 1. The predicted octanol–water partition coefficient (Wildman–Crippen LogP) is 3.95. The predicted molar refractivity (Wildman–Crippen MR) is 97.9 cm³/mol. The maximum absolute atomic E-state index is 12.9. The van der Waals surface area contributed by atoms with Crippen molar-refractivity contribution in [2.24, 2.45) is 5.10 Å². The van der Waals surface area contributed by atoms with Crippen LogP contribution in [0.1, 0.15) is 33.5 Å². The summed E-state index contributed by atoms with van der Waals surface area (Å²) >= 11 is 1.48. The Bertz CT molecular complexity index is 1030. The SMILES string of the molecule is O=C(c1ccco1)N1N=C(c2cccs2)C[C@H]1c1cc([N+](=O)[O-])ccc1O. The Morgan fingerprint density at radius 3 is 2.85 bits per heavy atom. The van der Waals surface area contributed by atoms with Crippen molar-refractivity contribution in [1.82, 2.24) is 5.01 Å². The minimum Gasteiger partial charge on any atom is -0.508 e. The van der Waals surface area contributed by atoms with Crippen molar-refractivity contribution >= 4 is 28.6 Å². The van der Waals surface area contributed by atoms with Crippen molar-refractivity contribution in [2.75, 3.05) is 0 Å². The van der Waals surface area contributed by atoms with Gasteiger partial charge in [-0.25, -0.2) is 5.01 Å². The fourth-order valence-electron chi connectivity index (χ4n) is 2.97. The van der Waals surface area contributed by atoms with E-state index in [1.54, 1.807) is 6.07 Å². The number of nitro groups is 1. The molecule has 136 valence electrons. The second-order valence-corrected chi connectivity index (χ2v) is 6.82. The van der Waals surface area contributed by atoms with Crippen LogP contribution in [0.3, 0.4) is 0 Å². The van der Waals surface area contributed by atoms with Crippen molar-refractivity contribution in [3.63, 3.8) is 0 Å². The monoisotopic (exact) mass is 383 g/mol. The van der Waals surface area contributed by atoms with Crippen molar-refractivity contribution in [3.05, 3.63) is 80.4 Å². The van der Waals surface area contributed by atoms with Crippen LogP contribution in [-0.4, -0.2) is 26.7 Å². The van der Waals surface area contributed by atoms with E-state index in [1.165, 1.54) is 46.9 Å². The van der Waals surface area contributed by atoms with E-state index in [4.69, 9.17) is 4.42 Å². The topological polar surface area (TPSA) is 109 Å². The molecule has 9 heteroatoms. The van der Waals surface area contributed by atoms with E-state index in [0.29, 0.717) is 12.1 Å². The number of aromatic hydroxyl groups is 1. The highest BCUT2D eigenvalue weighted by Gasteiger charge is 2.37. The Balaban J connectivity index is 1.78. The summed E-state index contributed by atoms with van der Waals surface area (Å²) in [4.78, 5) is 24.3. The lowest BCUT2D eigenvalue weighted by Gasteiger charge is -2.21. The molecule has 0 fully saturated rings. The Morgan fingerprint density at radius 2 is 2.19 bits per heavy atom. The molecule has 2 aromatic heterocycles. The molecule has 8 nitrogen and oxygen atoms in total. The van der Waals surface area contributed by atoms with Gasteiger partial charge in [-0.2, -0.15) is 5.10 Å². The number of nitrogens with zero attached hydrogens (tertiary/aromatic N) is 3. The number of carbonyl (C=O) groups excluding carboxylic acids is 1. The Labute approximate surface area is 157 Å². The van der Waals surface area contributed by atoms with Crippen LogP contribution in [0, 0.1) is 10.1 Å². The zero-order chi connectivity index (χ0) is 19.0. The summed E-state index contributed by atoms with van der Waals surface area (Å²) in [6.07, 6.45) is 1.70. The molecule has 0 bridgehead atoms. The summed E-state index contributed by atoms with van der Waals surface area (Å²) in [5, 5.41) is 29.0. The number of hydrazone groups is 1. The number of non-ortho nitro benzene ring substituents is 1. The third-order valence-corrected chi connectivity index (χ3v) is 5.16. The van der Waals surface area contributed by atoms with Crippen LogP contribution >= 0.6 is 11.3 Å². The molecule has 3 aromatic rings. The van der Waals surface area contributed by atoms with E-state index >= 15 is 0 Å². The summed E-state index contributed by atoms with van der Waals surface area (Å²) in [6, 6.07) is 9.93. The van der Waals surface area contributed by atoms with Crippen molar-refractivity contribution < 1.29 is 19.2 Å². The number of furan rings is 1. The first-order valence-electron chi connectivity index (χ1n) is 8.00. The van der Waals surface area contributed by atoms with Crippen LogP contribution in [0.15, 0.2) is 63.6 Å². The van der Waals surface area contributed by atoms with Gasteiger partial charge in [0.2, 0.25) is 0 Å². The number of hydrogen-bond acceptors (Lipinski definition) is 7. The molecule has 4 rings (SSSR count). The molecule has 0 unspecified atom stereocenters. The zero-order valence-corrected chi connectivity index (χ0v) is 14.6. The molecule has 1 aliphatic rings. The quantitative estimate of drug-likeness (QED) is 0.542. The van der Waals surface area contributed by atoms with E-state index in [9.17, 15) is 20.0 Å². The van der Waals surface area contributed by atoms with E-state index in [2.05, 4.69) is 5.10 Å². The highest BCUT2D eigenvalue weighted by Crippen LogP contribution is 2.39. The van der Waals surface area contributed by atoms with Crippen LogP contribution < -0.4 is 0 Å². The molecule has 1 amide bonds. The maximum Gasteiger partial charge on any atom is 0.310 e. The van der Waals surface area contributed by atoms with Gasteiger partial charge in [0.25, 0.3) is 5.69 Å². The highest BCUT2D eigenvalue weighted by molar-refractivity contribution is 7.12. The lowest BCUT2D eigenvalue weighted by atomic mass is 9.99. The molecule has 0 aliphatic carbocycles. The summed E-state index contributed by atoms with van der Waals surface area (Å²) < 4.78 is 5.18. The molecular weight excluding hydrogens is 370 g/mol. The summed E-state index contributed by atoms with van der Waals surface area (Å²) in [5.74, 6) is -0.519. The summed E-state index contributed by atoms with van der Waals surface area (Å²) in [6.45, 7) is 0. The largest absolute Gasteiger partial charge is 0.508 e. The van der Waals surface area contributed by atoms with Gasteiger partial charge in [-0.05, 0) is 29.6 Å². The van der Waals surface area contributed by atoms with Gasteiger partial charge in [-0.1, -0.05) is 6.07 Å². The maximum atomic E-state index is 12.9. The first kappa shape index (κ1) is 17.0. The third-order valence-electron chi connectivity index (χ3n) is 4.24. The van der Waals surface area contributed by atoms with Gasteiger partial charge in [0.15, 0.2) is 5.76 Å². The molecule has 0 radical (unpaired) electrons. The van der Waals surface area contributed by atoms with Gasteiger partial charge in [-0.3, -0.25) is 14.9 Å². The van der Waals surface area contributed by atoms with Crippen LogP contribution in [0.5, 0.6) is 5.75 Å². The molecule has 27 heavy (non-hydrogen) atoms. The molecule has 0 saturated heterocycles. The van der Waals surface area contributed by atoms with E-state index in [0.717, 1.165) is 4.88 Å². The number of nitro benzene ring substituents is 1. The summed E-state index contributed by atoms with van der Waals surface area (Å²) in [7, 11) is 0. The van der Waals surface area contributed by atoms with Crippen LogP contribution in [0.4, 0.5) is 5.69 Å². The van der Waals surface area contributed by atoms with Gasteiger partial charge in [0.1, 0.15) is 5.75 Å². The lowest BCUT2D eigenvalue weighted by Crippen LogP contribution is -2.26. The number of carbonyl (C=O) groups is 1. The molecule has 1 aliphatic heterocycles. The smallest absolute Gasteiger partial charge is 0.310 e. The van der Waals surface area contributed by atoms with E-state index < -0.39 is 16.9 Å². The number of phenolic OH excluding ortho intramolecular Hbond substituents is 1. The molecule has 0 saturated carbocycles. The first-order valence-corrected chi connectivity index (χ1v) is 8.88. The molecule has 1 aromatic carbocycles. The third kappa shape index (κ3) is 3.08. The van der Waals surface area contributed by atoms with Gasteiger partial charge in [0, 0.05) is 24.1 Å². The van der Waals surface area contributed by atoms with Crippen LogP contribution in [0.2, 0.25) is 0 Å². The lowest BCUT2D eigenvalue weighted by molar-refractivity contribution is -0.385. The van der Waals surface area contributed by atoms with Gasteiger partial charge in [-0.15, -0.1) is 11.3 Å². The highest BCUT2D eigenvalue weighted by atomic mass is 32.1. The second-order valence-electron chi connectivity index (χ2n) is 5.87. The number of thiophene rings is 1.